The van der Waals surface area contributed by atoms with Crippen molar-refractivity contribution >= 4 is 15.9 Å². The van der Waals surface area contributed by atoms with Crippen molar-refractivity contribution in [2.24, 2.45) is 0 Å². The summed E-state index contributed by atoms with van der Waals surface area (Å²) >= 11 is 3.43. The number of hydrogen-bond donors (Lipinski definition) is 1. The first-order valence-electron chi connectivity index (χ1n) is 5.50. The monoisotopic (exact) mass is 286 g/mol. The van der Waals surface area contributed by atoms with E-state index in [9.17, 15) is 0 Å². The highest BCUT2D eigenvalue weighted by Crippen LogP contribution is 2.14. The Kier molecular flexibility index (Phi) is 5.95. The van der Waals surface area contributed by atoms with E-state index in [1.165, 1.54) is 5.56 Å². The molecule has 1 heterocycles. The highest BCUT2D eigenvalue weighted by molar-refractivity contribution is 9.10. The highest BCUT2D eigenvalue weighted by Gasteiger charge is 2.18. The molecule has 0 bridgehead atoms. The number of pyridine rings is 1. The molecule has 0 radical (unpaired) electrons. The van der Waals surface area contributed by atoms with Gasteiger partial charge in [0.25, 0.3) is 0 Å². The number of halogens is 1. The van der Waals surface area contributed by atoms with Crippen molar-refractivity contribution < 1.29 is 4.74 Å². The Morgan fingerprint density at radius 1 is 1.50 bits per heavy atom. The summed E-state index contributed by atoms with van der Waals surface area (Å²) in [6.07, 6.45) is 5.87. The first-order valence-corrected chi connectivity index (χ1v) is 6.30. The minimum atomic E-state index is 0.240. The third kappa shape index (κ3) is 3.85. The molecule has 0 amide bonds. The molecule has 0 aromatic carbocycles. The van der Waals surface area contributed by atoms with Crippen LogP contribution in [0.1, 0.15) is 18.9 Å². The van der Waals surface area contributed by atoms with Gasteiger partial charge in [-0.05, 0) is 47.4 Å². The van der Waals surface area contributed by atoms with Crippen molar-refractivity contribution in [2.75, 3.05) is 14.2 Å². The first-order chi connectivity index (χ1) is 7.71. The Hall–Kier alpha value is -0.450. The summed E-state index contributed by atoms with van der Waals surface area (Å²) in [7, 11) is 3.73. The zero-order valence-corrected chi connectivity index (χ0v) is 11.6. The third-order valence-electron chi connectivity index (χ3n) is 2.74. The molecule has 0 aliphatic carbocycles. The largest absolute Gasteiger partial charge is 0.380 e. The minimum absolute atomic E-state index is 0.240. The topological polar surface area (TPSA) is 34.1 Å². The van der Waals surface area contributed by atoms with E-state index >= 15 is 0 Å². The normalized spacial score (nSPS) is 14.8. The van der Waals surface area contributed by atoms with Gasteiger partial charge in [-0.1, -0.05) is 6.92 Å². The predicted molar refractivity (Wildman–Crippen MR) is 69.6 cm³/mol. The molecule has 0 aliphatic rings. The van der Waals surface area contributed by atoms with Gasteiger partial charge < -0.3 is 10.1 Å². The zero-order chi connectivity index (χ0) is 12.0. The lowest BCUT2D eigenvalue weighted by atomic mass is 10.0. The summed E-state index contributed by atoms with van der Waals surface area (Å²) in [6.45, 7) is 2.14. The van der Waals surface area contributed by atoms with Gasteiger partial charge in [0.15, 0.2) is 0 Å². The van der Waals surface area contributed by atoms with Gasteiger partial charge in [0.1, 0.15) is 0 Å². The summed E-state index contributed by atoms with van der Waals surface area (Å²) in [6, 6.07) is 2.42. The Labute approximate surface area is 106 Å². The third-order valence-corrected chi connectivity index (χ3v) is 3.18. The molecular formula is C12H19BrN2O. The predicted octanol–water partition coefficient (Wildman–Crippen LogP) is 2.40. The zero-order valence-electron chi connectivity index (χ0n) is 10.0. The molecule has 0 aliphatic heterocycles. The molecule has 3 nitrogen and oxygen atoms in total. The van der Waals surface area contributed by atoms with E-state index in [1.54, 1.807) is 13.3 Å². The van der Waals surface area contributed by atoms with Crippen LogP contribution < -0.4 is 5.32 Å². The Bertz CT molecular complexity index is 316. The van der Waals surface area contributed by atoms with E-state index in [0.29, 0.717) is 6.04 Å². The number of likely N-dealkylation sites (N-methyl/N-ethyl adjacent to an activating group) is 1. The molecule has 1 rings (SSSR count). The second-order valence-electron chi connectivity index (χ2n) is 3.79. The van der Waals surface area contributed by atoms with Gasteiger partial charge in [-0.15, -0.1) is 0 Å². The maximum absolute atomic E-state index is 5.46. The van der Waals surface area contributed by atoms with E-state index in [2.05, 4.69) is 39.2 Å². The van der Waals surface area contributed by atoms with Gasteiger partial charge in [0, 0.05) is 30.0 Å². The average Bonchev–Trinajstić information content (AvgIpc) is 2.29. The van der Waals surface area contributed by atoms with Gasteiger partial charge in [-0.3, -0.25) is 4.98 Å². The molecule has 1 aromatic heterocycles. The van der Waals surface area contributed by atoms with Gasteiger partial charge >= 0.3 is 0 Å². The summed E-state index contributed by atoms with van der Waals surface area (Å²) in [5.41, 5.74) is 1.21. The van der Waals surface area contributed by atoms with Crippen LogP contribution in [0, 0.1) is 0 Å². The van der Waals surface area contributed by atoms with Crippen LogP contribution in [-0.4, -0.2) is 31.3 Å². The Balaban J connectivity index is 2.69. The molecule has 0 saturated heterocycles. The highest BCUT2D eigenvalue weighted by atomic mass is 79.9. The van der Waals surface area contributed by atoms with Gasteiger partial charge in [-0.25, -0.2) is 0 Å². The van der Waals surface area contributed by atoms with Gasteiger partial charge in [0.2, 0.25) is 0 Å². The van der Waals surface area contributed by atoms with E-state index in [1.807, 2.05) is 13.2 Å². The number of hydrogen-bond acceptors (Lipinski definition) is 3. The van der Waals surface area contributed by atoms with Crippen LogP contribution in [0.25, 0.3) is 0 Å². The maximum atomic E-state index is 5.46. The van der Waals surface area contributed by atoms with Crippen LogP contribution in [0.15, 0.2) is 22.9 Å². The number of ether oxygens (including phenoxy) is 1. The van der Waals surface area contributed by atoms with Gasteiger partial charge in [-0.2, -0.15) is 0 Å². The summed E-state index contributed by atoms with van der Waals surface area (Å²) in [5.74, 6) is 0. The van der Waals surface area contributed by atoms with Crippen LogP contribution in [0.4, 0.5) is 0 Å². The molecule has 1 aromatic rings. The molecule has 0 fully saturated rings. The number of aromatic nitrogens is 1. The second-order valence-corrected chi connectivity index (χ2v) is 4.71. The number of rotatable bonds is 6. The first kappa shape index (κ1) is 13.6. The lowest BCUT2D eigenvalue weighted by molar-refractivity contribution is 0.0678. The second kappa shape index (κ2) is 6.99. The van der Waals surface area contributed by atoms with Crippen LogP contribution >= 0.6 is 15.9 Å². The number of methoxy groups -OCH3 is 1. The summed E-state index contributed by atoms with van der Waals surface area (Å²) in [5, 5.41) is 3.30. The van der Waals surface area contributed by atoms with Crippen molar-refractivity contribution in [2.45, 2.75) is 31.9 Å². The Morgan fingerprint density at radius 2 is 2.25 bits per heavy atom. The maximum Gasteiger partial charge on any atom is 0.0724 e. The minimum Gasteiger partial charge on any atom is -0.380 e. The smallest absolute Gasteiger partial charge is 0.0724 e. The molecule has 2 unspecified atom stereocenters. The summed E-state index contributed by atoms with van der Waals surface area (Å²) in [4.78, 5) is 4.17. The van der Waals surface area contributed by atoms with Crippen LogP contribution in [0.5, 0.6) is 0 Å². The lowest BCUT2D eigenvalue weighted by Crippen LogP contribution is -2.40. The van der Waals surface area contributed by atoms with Crippen molar-refractivity contribution in [3.05, 3.63) is 28.5 Å². The molecule has 4 heteroatoms. The van der Waals surface area contributed by atoms with Crippen LogP contribution in [-0.2, 0) is 11.2 Å². The molecule has 2 atom stereocenters. The van der Waals surface area contributed by atoms with E-state index < -0.39 is 0 Å². The van der Waals surface area contributed by atoms with Crippen molar-refractivity contribution in [1.82, 2.24) is 10.3 Å². The van der Waals surface area contributed by atoms with Crippen molar-refractivity contribution in [3.8, 4) is 0 Å². The fourth-order valence-corrected chi connectivity index (χ4v) is 2.27. The number of nitrogens with one attached hydrogen (secondary N) is 1. The SMILES string of the molecule is CCC(OC)C(Cc1cncc(Br)c1)NC. The molecule has 16 heavy (non-hydrogen) atoms. The molecular weight excluding hydrogens is 268 g/mol. The fourth-order valence-electron chi connectivity index (χ4n) is 1.86. The molecule has 90 valence electrons. The fraction of sp³-hybridized carbons (Fsp3) is 0.583. The van der Waals surface area contributed by atoms with Crippen LogP contribution in [0.2, 0.25) is 0 Å². The summed E-state index contributed by atoms with van der Waals surface area (Å²) < 4.78 is 6.48. The Morgan fingerprint density at radius 3 is 2.75 bits per heavy atom. The van der Waals surface area contributed by atoms with Crippen molar-refractivity contribution in [1.29, 1.82) is 0 Å². The van der Waals surface area contributed by atoms with E-state index in [0.717, 1.165) is 17.3 Å². The van der Waals surface area contributed by atoms with Crippen molar-refractivity contribution in [3.63, 3.8) is 0 Å². The molecule has 0 saturated carbocycles. The van der Waals surface area contributed by atoms with E-state index in [-0.39, 0.29) is 6.10 Å². The molecule has 1 N–H and O–H groups in total. The van der Waals surface area contributed by atoms with E-state index in [4.69, 9.17) is 4.74 Å². The van der Waals surface area contributed by atoms with Gasteiger partial charge in [0.05, 0.1) is 6.10 Å². The number of nitrogens with zero attached hydrogens (tertiary/aromatic N) is 1. The standard InChI is InChI=1S/C12H19BrN2O/c1-4-12(16-3)11(14-2)6-9-5-10(13)8-15-7-9/h5,7-8,11-12,14H,4,6H2,1-3H3. The molecule has 0 spiro atoms. The lowest BCUT2D eigenvalue weighted by Gasteiger charge is -2.24. The quantitative estimate of drug-likeness (QED) is 0.872. The van der Waals surface area contributed by atoms with Crippen LogP contribution in [0.3, 0.4) is 0 Å². The average molecular weight is 287 g/mol.